The van der Waals surface area contributed by atoms with Gasteiger partial charge in [0.25, 0.3) is 0 Å². The second-order valence-corrected chi connectivity index (χ2v) is 7.23. The van der Waals surface area contributed by atoms with Crippen LogP contribution in [0.3, 0.4) is 0 Å². The summed E-state index contributed by atoms with van der Waals surface area (Å²) in [6.45, 7) is 1.05. The summed E-state index contributed by atoms with van der Waals surface area (Å²) in [6, 6.07) is 9.37. The quantitative estimate of drug-likeness (QED) is 0.831. The Kier molecular flexibility index (Phi) is 5.38. The van der Waals surface area contributed by atoms with Gasteiger partial charge in [-0.25, -0.2) is 13.1 Å². The lowest BCUT2D eigenvalue weighted by atomic mass is 10.1. The average Bonchev–Trinajstić information content (AvgIpc) is 2.47. The summed E-state index contributed by atoms with van der Waals surface area (Å²) < 4.78 is 32.7. The highest BCUT2D eigenvalue weighted by atomic mass is 79.9. The summed E-state index contributed by atoms with van der Waals surface area (Å²) in [4.78, 5) is 0. The van der Waals surface area contributed by atoms with Crippen LogP contribution in [0.2, 0.25) is 0 Å². The van der Waals surface area contributed by atoms with Crippen molar-refractivity contribution >= 4 is 26.0 Å². The van der Waals surface area contributed by atoms with Crippen molar-refractivity contribution in [2.24, 2.45) is 0 Å². The van der Waals surface area contributed by atoms with Crippen LogP contribution in [0.5, 0.6) is 0 Å². The lowest BCUT2D eigenvalue weighted by Gasteiger charge is -2.25. The summed E-state index contributed by atoms with van der Waals surface area (Å²) in [5.74, 6) is 0. The number of alkyl halides is 1. The van der Waals surface area contributed by atoms with E-state index in [0.29, 0.717) is 31.4 Å². The van der Waals surface area contributed by atoms with Gasteiger partial charge in [-0.1, -0.05) is 46.3 Å². The molecule has 0 spiro atoms. The Labute approximate surface area is 122 Å². The molecule has 6 heteroatoms. The Bertz CT molecular complexity index is 486. The minimum Gasteiger partial charge on any atom is -0.381 e. The molecule has 0 radical (unpaired) electrons. The Balaban J connectivity index is 2.09. The molecule has 1 aromatic carbocycles. The maximum absolute atomic E-state index is 12.3. The van der Waals surface area contributed by atoms with Crippen LogP contribution in [0.25, 0.3) is 0 Å². The minimum atomic E-state index is -3.30. The highest BCUT2D eigenvalue weighted by molar-refractivity contribution is 9.09. The van der Waals surface area contributed by atoms with Crippen molar-refractivity contribution in [2.45, 2.75) is 24.1 Å². The molecular weight excluding hydrogens is 330 g/mol. The normalized spacial score (nSPS) is 19.2. The van der Waals surface area contributed by atoms with Crippen LogP contribution in [-0.4, -0.2) is 32.2 Å². The number of halogens is 1. The van der Waals surface area contributed by atoms with Gasteiger partial charge in [0.2, 0.25) is 10.0 Å². The molecule has 1 heterocycles. The van der Waals surface area contributed by atoms with Crippen molar-refractivity contribution in [1.29, 1.82) is 0 Å². The monoisotopic (exact) mass is 347 g/mol. The van der Waals surface area contributed by atoms with Crippen molar-refractivity contribution in [3.05, 3.63) is 35.9 Å². The summed E-state index contributed by atoms with van der Waals surface area (Å²) in [7, 11) is -3.30. The van der Waals surface area contributed by atoms with Gasteiger partial charge in [0.1, 0.15) is 0 Å². The molecule has 0 saturated carbocycles. The third-order valence-corrected chi connectivity index (χ3v) is 5.88. The Morgan fingerprint density at radius 2 is 1.89 bits per heavy atom. The van der Waals surface area contributed by atoms with Crippen molar-refractivity contribution in [3.63, 3.8) is 0 Å². The smallest absolute Gasteiger partial charge is 0.215 e. The summed E-state index contributed by atoms with van der Waals surface area (Å²) >= 11 is 3.38. The molecule has 4 nitrogen and oxygen atoms in total. The van der Waals surface area contributed by atoms with E-state index in [4.69, 9.17) is 4.74 Å². The average molecular weight is 348 g/mol. The minimum absolute atomic E-state index is 0.228. The molecule has 1 N–H and O–H groups in total. The third kappa shape index (κ3) is 4.02. The van der Waals surface area contributed by atoms with Gasteiger partial charge >= 0.3 is 0 Å². The number of hydrogen-bond acceptors (Lipinski definition) is 3. The molecule has 1 saturated heterocycles. The number of hydrogen-bond donors (Lipinski definition) is 1. The van der Waals surface area contributed by atoms with Crippen molar-refractivity contribution < 1.29 is 13.2 Å². The van der Waals surface area contributed by atoms with Gasteiger partial charge in [0.15, 0.2) is 0 Å². The lowest BCUT2D eigenvalue weighted by Crippen LogP contribution is -2.40. The van der Waals surface area contributed by atoms with Crippen LogP contribution in [0.4, 0.5) is 0 Å². The number of nitrogens with one attached hydrogen (secondary N) is 1. The molecular formula is C13H18BrNO3S. The molecule has 1 unspecified atom stereocenters. The molecule has 1 atom stereocenters. The first kappa shape index (κ1) is 15.0. The standard InChI is InChI=1S/C13H18BrNO3S/c14-10-13(11-4-2-1-3-5-11)15-19(16,17)12-6-8-18-9-7-12/h1-5,12-13,15H,6-10H2. The summed E-state index contributed by atoms with van der Waals surface area (Å²) in [6.07, 6.45) is 1.14. The molecule has 0 bridgehead atoms. The van der Waals surface area contributed by atoms with E-state index in [0.717, 1.165) is 5.56 Å². The van der Waals surface area contributed by atoms with Crippen LogP contribution in [-0.2, 0) is 14.8 Å². The summed E-state index contributed by atoms with van der Waals surface area (Å²) in [5, 5.41) is 0.214. The fourth-order valence-electron chi connectivity index (χ4n) is 2.15. The molecule has 2 rings (SSSR count). The summed E-state index contributed by atoms with van der Waals surface area (Å²) in [5.41, 5.74) is 0.968. The molecule has 106 valence electrons. The first-order chi connectivity index (χ1) is 9.13. The molecule has 1 aliphatic rings. The number of benzene rings is 1. The highest BCUT2D eigenvalue weighted by Gasteiger charge is 2.29. The zero-order valence-electron chi connectivity index (χ0n) is 10.6. The second-order valence-electron chi connectivity index (χ2n) is 4.59. The van der Waals surface area contributed by atoms with Gasteiger partial charge < -0.3 is 4.74 Å². The Morgan fingerprint density at radius 1 is 1.26 bits per heavy atom. The maximum Gasteiger partial charge on any atom is 0.215 e. The van der Waals surface area contributed by atoms with E-state index in [2.05, 4.69) is 20.7 Å². The van der Waals surface area contributed by atoms with Gasteiger partial charge in [-0.05, 0) is 18.4 Å². The number of rotatable bonds is 5. The zero-order valence-corrected chi connectivity index (χ0v) is 13.0. The predicted molar refractivity (Wildman–Crippen MR) is 78.9 cm³/mol. The lowest BCUT2D eigenvalue weighted by molar-refractivity contribution is 0.0981. The fourth-order valence-corrected chi connectivity index (χ4v) is 4.53. The van der Waals surface area contributed by atoms with Crippen molar-refractivity contribution in [3.8, 4) is 0 Å². The van der Waals surface area contributed by atoms with E-state index < -0.39 is 10.0 Å². The molecule has 1 aromatic rings. The van der Waals surface area contributed by atoms with Gasteiger partial charge in [-0.15, -0.1) is 0 Å². The maximum atomic E-state index is 12.3. The van der Waals surface area contributed by atoms with Crippen molar-refractivity contribution in [1.82, 2.24) is 4.72 Å². The van der Waals surface area contributed by atoms with Crippen LogP contribution in [0.15, 0.2) is 30.3 Å². The van der Waals surface area contributed by atoms with Crippen molar-refractivity contribution in [2.75, 3.05) is 18.5 Å². The van der Waals surface area contributed by atoms with E-state index in [9.17, 15) is 8.42 Å². The van der Waals surface area contributed by atoms with Crippen LogP contribution in [0.1, 0.15) is 24.4 Å². The van der Waals surface area contributed by atoms with Crippen LogP contribution in [0, 0.1) is 0 Å². The molecule has 19 heavy (non-hydrogen) atoms. The highest BCUT2D eigenvalue weighted by Crippen LogP contribution is 2.21. The SMILES string of the molecule is O=S(=O)(NC(CBr)c1ccccc1)C1CCOCC1. The zero-order chi connectivity index (χ0) is 13.7. The molecule has 0 aliphatic carbocycles. The van der Waals surface area contributed by atoms with Gasteiger partial charge in [0, 0.05) is 18.5 Å². The first-order valence-electron chi connectivity index (χ1n) is 6.33. The fraction of sp³-hybridized carbons (Fsp3) is 0.538. The predicted octanol–water partition coefficient (Wildman–Crippen LogP) is 2.22. The van der Waals surface area contributed by atoms with E-state index in [1.807, 2.05) is 30.3 Å². The van der Waals surface area contributed by atoms with E-state index >= 15 is 0 Å². The van der Waals surface area contributed by atoms with E-state index in [1.54, 1.807) is 0 Å². The Hall–Kier alpha value is -0.430. The van der Waals surface area contributed by atoms with E-state index in [-0.39, 0.29) is 11.3 Å². The first-order valence-corrected chi connectivity index (χ1v) is 9.00. The molecule has 0 aromatic heterocycles. The molecule has 1 fully saturated rings. The van der Waals surface area contributed by atoms with Crippen LogP contribution < -0.4 is 4.72 Å². The van der Waals surface area contributed by atoms with E-state index in [1.165, 1.54) is 0 Å². The second kappa shape index (κ2) is 6.83. The topological polar surface area (TPSA) is 55.4 Å². The molecule has 0 amide bonds. The number of ether oxygens (including phenoxy) is 1. The largest absolute Gasteiger partial charge is 0.381 e. The van der Waals surface area contributed by atoms with Gasteiger partial charge in [-0.2, -0.15) is 0 Å². The molecule has 1 aliphatic heterocycles. The van der Waals surface area contributed by atoms with Gasteiger partial charge in [-0.3, -0.25) is 0 Å². The number of sulfonamides is 1. The van der Waals surface area contributed by atoms with Gasteiger partial charge in [0.05, 0.1) is 11.3 Å². The van der Waals surface area contributed by atoms with Crippen LogP contribution >= 0.6 is 15.9 Å². The Morgan fingerprint density at radius 3 is 2.47 bits per heavy atom. The third-order valence-electron chi connectivity index (χ3n) is 3.27.